The summed E-state index contributed by atoms with van der Waals surface area (Å²) >= 11 is 0. The van der Waals surface area contributed by atoms with Crippen LogP contribution in [0.2, 0.25) is 0 Å². The molecule has 0 bridgehead atoms. The number of rotatable bonds is 9. The number of sulfone groups is 1. The van der Waals surface area contributed by atoms with E-state index in [0.717, 1.165) is 5.56 Å². The first-order valence-electron chi connectivity index (χ1n) is 6.61. The van der Waals surface area contributed by atoms with Gasteiger partial charge in [0.2, 0.25) is 5.75 Å². The summed E-state index contributed by atoms with van der Waals surface area (Å²) in [6.07, 6.45) is 1.63. The molecule has 0 aliphatic rings. The van der Waals surface area contributed by atoms with Gasteiger partial charge in [-0.15, -0.1) is 0 Å². The first kappa shape index (κ1) is 17.6. The SMILES string of the molecule is CNCc1cc(OC)c(OCCCS(C)(=O)=O)c(OC)c1. The van der Waals surface area contributed by atoms with Gasteiger partial charge in [-0.25, -0.2) is 8.42 Å². The van der Waals surface area contributed by atoms with E-state index in [1.807, 2.05) is 19.2 Å². The van der Waals surface area contributed by atoms with Gasteiger partial charge in [-0.3, -0.25) is 0 Å². The van der Waals surface area contributed by atoms with Crippen molar-refractivity contribution in [2.24, 2.45) is 0 Å². The number of nitrogens with one attached hydrogen (secondary N) is 1. The minimum atomic E-state index is -2.97. The maximum atomic E-state index is 11.1. The summed E-state index contributed by atoms with van der Waals surface area (Å²) < 4.78 is 38.5. The summed E-state index contributed by atoms with van der Waals surface area (Å²) in [7, 11) is 1.99. The van der Waals surface area contributed by atoms with Gasteiger partial charge in [0.1, 0.15) is 9.84 Å². The second-order valence-corrected chi connectivity index (χ2v) is 6.95. The molecule has 0 heterocycles. The van der Waals surface area contributed by atoms with Crippen LogP contribution in [-0.2, 0) is 16.4 Å². The molecule has 0 atom stereocenters. The van der Waals surface area contributed by atoms with Crippen LogP contribution in [0, 0.1) is 0 Å². The fourth-order valence-electron chi connectivity index (χ4n) is 1.88. The summed E-state index contributed by atoms with van der Waals surface area (Å²) in [5.74, 6) is 1.72. The molecular formula is C14H23NO5S. The molecule has 1 aromatic rings. The summed E-state index contributed by atoms with van der Waals surface area (Å²) in [5, 5.41) is 3.06. The minimum Gasteiger partial charge on any atom is -0.493 e. The van der Waals surface area contributed by atoms with Crippen molar-refractivity contribution in [3.05, 3.63) is 17.7 Å². The Bertz CT molecular complexity index is 531. The lowest BCUT2D eigenvalue weighted by Crippen LogP contribution is -2.10. The van der Waals surface area contributed by atoms with Crippen LogP contribution in [0.5, 0.6) is 17.2 Å². The fraction of sp³-hybridized carbons (Fsp3) is 0.571. The van der Waals surface area contributed by atoms with Crippen molar-refractivity contribution in [3.8, 4) is 17.2 Å². The molecule has 1 rings (SSSR count). The lowest BCUT2D eigenvalue weighted by Gasteiger charge is -2.16. The molecule has 0 spiro atoms. The molecule has 0 unspecified atom stereocenters. The van der Waals surface area contributed by atoms with Crippen LogP contribution in [0.1, 0.15) is 12.0 Å². The van der Waals surface area contributed by atoms with Gasteiger partial charge in [-0.1, -0.05) is 0 Å². The van der Waals surface area contributed by atoms with Crippen molar-refractivity contribution < 1.29 is 22.6 Å². The average Bonchev–Trinajstić information content (AvgIpc) is 2.43. The Hall–Kier alpha value is -1.47. The topological polar surface area (TPSA) is 73.9 Å². The number of ether oxygens (including phenoxy) is 3. The van der Waals surface area contributed by atoms with Crippen molar-refractivity contribution in [3.63, 3.8) is 0 Å². The number of methoxy groups -OCH3 is 2. The molecule has 7 heteroatoms. The maximum absolute atomic E-state index is 11.1. The molecule has 0 aliphatic carbocycles. The molecule has 0 aromatic heterocycles. The molecule has 1 N–H and O–H groups in total. The molecule has 120 valence electrons. The van der Waals surface area contributed by atoms with Gasteiger partial charge in [0, 0.05) is 12.8 Å². The first-order chi connectivity index (χ1) is 9.91. The molecule has 1 aromatic carbocycles. The molecule has 21 heavy (non-hydrogen) atoms. The van der Waals surface area contributed by atoms with Crippen molar-refractivity contribution in [1.82, 2.24) is 5.32 Å². The largest absolute Gasteiger partial charge is 0.493 e. The smallest absolute Gasteiger partial charge is 0.203 e. The zero-order valence-corrected chi connectivity index (χ0v) is 13.7. The Morgan fingerprint density at radius 3 is 2.14 bits per heavy atom. The van der Waals surface area contributed by atoms with Gasteiger partial charge in [-0.2, -0.15) is 0 Å². The van der Waals surface area contributed by atoms with Gasteiger partial charge < -0.3 is 19.5 Å². The van der Waals surface area contributed by atoms with E-state index in [-0.39, 0.29) is 12.4 Å². The average molecular weight is 317 g/mol. The van der Waals surface area contributed by atoms with Crippen LogP contribution in [-0.4, -0.2) is 48.3 Å². The Labute approximate surface area is 126 Å². The van der Waals surface area contributed by atoms with E-state index >= 15 is 0 Å². The maximum Gasteiger partial charge on any atom is 0.203 e. The molecule has 0 radical (unpaired) electrons. The highest BCUT2D eigenvalue weighted by Gasteiger charge is 2.14. The van der Waals surface area contributed by atoms with Crippen LogP contribution in [0.4, 0.5) is 0 Å². The summed E-state index contributed by atoms with van der Waals surface area (Å²) in [6, 6.07) is 3.73. The fourth-order valence-corrected chi connectivity index (χ4v) is 2.52. The van der Waals surface area contributed by atoms with Gasteiger partial charge in [0.25, 0.3) is 0 Å². The third kappa shape index (κ3) is 5.81. The summed E-state index contributed by atoms with van der Waals surface area (Å²) in [4.78, 5) is 0. The number of hydrogen-bond donors (Lipinski definition) is 1. The van der Waals surface area contributed by atoms with Crippen LogP contribution >= 0.6 is 0 Å². The monoisotopic (exact) mass is 317 g/mol. The van der Waals surface area contributed by atoms with Crippen LogP contribution in [0.25, 0.3) is 0 Å². The van der Waals surface area contributed by atoms with E-state index in [1.54, 1.807) is 14.2 Å². The molecule has 0 saturated carbocycles. The van der Waals surface area contributed by atoms with Crippen molar-refractivity contribution >= 4 is 9.84 Å². The van der Waals surface area contributed by atoms with Crippen LogP contribution in [0.15, 0.2) is 12.1 Å². The second-order valence-electron chi connectivity index (χ2n) is 4.69. The van der Waals surface area contributed by atoms with Gasteiger partial charge in [0.15, 0.2) is 11.5 Å². The highest BCUT2D eigenvalue weighted by atomic mass is 32.2. The number of benzene rings is 1. The minimum absolute atomic E-state index is 0.0927. The first-order valence-corrected chi connectivity index (χ1v) is 8.67. The van der Waals surface area contributed by atoms with E-state index < -0.39 is 9.84 Å². The molecule has 0 fully saturated rings. The standard InChI is InChI=1S/C14H23NO5S/c1-15-10-11-8-12(18-2)14(13(9-11)19-3)20-6-5-7-21(4,16)17/h8-9,15H,5-7,10H2,1-4H3. The molecule has 0 aliphatic heterocycles. The zero-order valence-electron chi connectivity index (χ0n) is 12.9. The van der Waals surface area contributed by atoms with Crippen LogP contribution in [0.3, 0.4) is 0 Å². The molecule has 0 amide bonds. The normalized spacial score (nSPS) is 11.2. The third-order valence-electron chi connectivity index (χ3n) is 2.81. The van der Waals surface area contributed by atoms with Crippen molar-refractivity contribution in [2.45, 2.75) is 13.0 Å². The second kappa shape index (κ2) is 8.09. The molecule has 6 nitrogen and oxygen atoms in total. The van der Waals surface area contributed by atoms with Crippen molar-refractivity contribution in [2.75, 3.05) is 39.9 Å². The predicted molar refractivity (Wildman–Crippen MR) is 82.1 cm³/mol. The lowest BCUT2D eigenvalue weighted by molar-refractivity contribution is 0.274. The van der Waals surface area contributed by atoms with Gasteiger partial charge >= 0.3 is 0 Å². The Morgan fingerprint density at radius 2 is 1.71 bits per heavy atom. The van der Waals surface area contributed by atoms with Gasteiger partial charge in [-0.05, 0) is 31.2 Å². The van der Waals surface area contributed by atoms with Crippen LogP contribution < -0.4 is 19.5 Å². The highest BCUT2D eigenvalue weighted by Crippen LogP contribution is 2.38. The lowest BCUT2D eigenvalue weighted by atomic mass is 10.2. The highest BCUT2D eigenvalue weighted by molar-refractivity contribution is 7.90. The predicted octanol–water partition coefficient (Wildman–Crippen LogP) is 1.24. The van der Waals surface area contributed by atoms with E-state index in [9.17, 15) is 8.42 Å². The Morgan fingerprint density at radius 1 is 1.14 bits per heavy atom. The summed E-state index contributed by atoms with van der Waals surface area (Å²) in [6.45, 7) is 0.965. The van der Waals surface area contributed by atoms with E-state index in [0.29, 0.717) is 30.2 Å². The third-order valence-corrected chi connectivity index (χ3v) is 3.84. The van der Waals surface area contributed by atoms with E-state index in [4.69, 9.17) is 14.2 Å². The van der Waals surface area contributed by atoms with E-state index in [1.165, 1.54) is 6.26 Å². The Kier molecular flexibility index (Phi) is 6.77. The van der Waals surface area contributed by atoms with Gasteiger partial charge in [0.05, 0.1) is 26.6 Å². The Balaban J connectivity index is 2.84. The van der Waals surface area contributed by atoms with E-state index in [2.05, 4.69) is 5.32 Å². The van der Waals surface area contributed by atoms with Crippen molar-refractivity contribution in [1.29, 1.82) is 0 Å². The molecular weight excluding hydrogens is 294 g/mol. The number of hydrogen-bond acceptors (Lipinski definition) is 6. The zero-order chi connectivity index (χ0) is 15.9. The summed E-state index contributed by atoms with van der Waals surface area (Å²) in [5.41, 5.74) is 1.01. The quantitative estimate of drug-likeness (QED) is 0.691. The molecule has 0 saturated heterocycles.